The van der Waals surface area contributed by atoms with Crippen LogP contribution in [0.15, 0.2) is 42.5 Å². The molecule has 126 valence electrons. The van der Waals surface area contributed by atoms with Gasteiger partial charge in [0.05, 0.1) is 6.61 Å². The van der Waals surface area contributed by atoms with Crippen LogP contribution in [0.5, 0.6) is 5.75 Å². The molecule has 0 bridgehead atoms. The van der Waals surface area contributed by atoms with E-state index < -0.39 is 0 Å². The third kappa shape index (κ3) is 3.51. The van der Waals surface area contributed by atoms with Gasteiger partial charge in [-0.15, -0.1) is 0 Å². The molecule has 1 unspecified atom stereocenters. The van der Waals surface area contributed by atoms with Crippen LogP contribution >= 0.6 is 12.2 Å². The molecule has 1 heterocycles. The normalized spacial score (nSPS) is 16.5. The van der Waals surface area contributed by atoms with Crippen LogP contribution in [0.1, 0.15) is 25.8 Å². The summed E-state index contributed by atoms with van der Waals surface area (Å²) in [5.41, 5.74) is 2.90. The van der Waals surface area contributed by atoms with E-state index in [1.807, 2.05) is 37.3 Å². The Morgan fingerprint density at radius 1 is 1.29 bits per heavy atom. The number of hydrogen-bond donors (Lipinski definition) is 1. The van der Waals surface area contributed by atoms with Crippen LogP contribution in [-0.4, -0.2) is 17.8 Å². The average molecular weight is 344 g/mol. The minimum absolute atomic E-state index is 0.200. The predicted molar refractivity (Wildman–Crippen MR) is 100 cm³/mol. The van der Waals surface area contributed by atoms with Crippen molar-refractivity contribution in [1.82, 2.24) is 0 Å². The second kappa shape index (κ2) is 7.18. The maximum Gasteiger partial charge on any atom is 0.178 e. The highest BCUT2D eigenvalue weighted by Crippen LogP contribution is 2.32. The van der Waals surface area contributed by atoms with Gasteiger partial charge in [-0.3, -0.25) is 0 Å². The third-order valence-corrected chi connectivity index (χ3v) is 4.51. The number of fused-ring (bicyclic) bond motifs is 1. The highest BCUT2D eigenvalue weighted by atomic mass is 32.1. The molecule has 0 aromatic heterocycles. The average Bonchev–Trinajstić information content (AvgIpc) is 2.57. The maximum absolute atomic E-state index is 13.5. The molecular formula is C19H21FN2OS. The first-order valence-corrected chi connectivity index (χ1v) is 8.61. The molecule has 3 rings (SSSR count). The number of benzene rings is 2. The minimum atomic E-state index is -0.200. The summed E-state index contributed by atoms with van der Waals surface area (Å²) in [6.07, 6.45) is 1.82. The zero-order valence-corrected chi connectivity index (χ0v) is 14.7. The summed E-state index contributed by atoms with van der Waals surface area (Å²) < 4.78 is 18.9. The van der Waals surface area contributed by atoms with Gasteiger partial charge in [0.25, 0.3) is 0 Å². The molecule has 3 nitrogen and oxygen atoms in total. The van der Waals surface area contributed by atoms with E-state index in [1.54, 1.807) is 6.07 Å². The molecule has 1 N–H and O–H groups in total. The van der Waals surface area contributed by atoms with E-state index in [-0.39, 0.29) is 11.9 Å². The number of rotatable bonds is 3. The first kappa shape index (κ1) is 16.7. The Bertz CT molecular complexity index is 733. The van der Waals surface area contributed by atoms with Crippen LogP contribution < -0.4 is 15.0 Å². The molecule has 0 saturated carbocycles. The van der Waals surface area contributed by atoms with Gasteiger partial charge in [-0.2, -0.15) is 0 Å². The van der Waals surface area contributed by atoms with Gasteiger partial charge in [0.2, 0.25) is 0 Å². The quantitative estimate of drug-likeness (QED) is 0.811. The molecular weight excluding hydrogens is 323 g/mol. The van der Waals surface area contributed by atoms with Crippen LogP contribution in [0.2, 0.25) is 0 Å². The highest BCUT2D eigenvalue weighted by Gasteiger charge is 2.26. The molecule has 1 atom stereocenters. The largest absolute Gasteiger partial charge is 0.494 e. The molecule has 0 aliphatic carbocycles. The topological polar surface area (TPSA) is 24.5 Å². The van der Waals surface area contributed by atoms with Crippen LogP contribution in [-0.2, 0) is 6.42 Å². The monoisotopic (exact) mass is 344 g/mol. The molecule has 24 heavy (non-hydrogen) atoms. The highest BCUT2D eigenvalue weighted by molar-refractivity contribution is 7.80. The number of anilines is 2. The Balaban J connectivity index is 1.79. The van der Waals surface area contributed by atoms with E-state index in [1.165, 1.54) is 6.07 Å². The van der Waals surface area contributed by atoms with Crippen LogP contribution in [0, 0.1) is 5.82 Å². The lowest BCUT2D eigenvalue weighted by Crippen LogP contribution is -2.44. The summed E-state index contributed by atoms with van der Waals surface area (Å²) in [6, 6.07) is 12.9. The fraction of sp³-hybridized carbons (Fsp3) is 0.316. The zero-order chi connectivity index (χ0) is 17.1. The fourth-order valence-corrected chi connectivity index (χ4v) is 3.41. The van der Waals surface area contributed by atoms with Crippen molar-refractivity contribution in [2.45, 2.75) is 32.7 Å². The summed E-state index contributed by atoms with van der Waals surface area (Å²) >= 11 is 5.62. The van der Waals surface area contributed by atoms with Crippen molar-refractivity contribution in [2.75, 3.05) is 16.8 Å². The van der Waals surface area contributed by atoms with Gasteiger partial charge in [0, 0.05) is 17.4 Å². The van der Waals surface area contributed by atoms with Crippen molar-refractivity contribution in [3.63, 3.8) is 0 Å². The van der Waals surface area contributed by atoms with Crippen LogP contribution in [0.25, 0.3) is 0 Å². The Morgan fingerprint density at radius 2 is 2.04 bits per heavy atom. The first-order chi connectivity index (χ1) is 11.6. The number of thiocarbonyl (C=S) groups is 1. The number of nitrogens with zero attached hydrogens (tertiary/aromatic N) is 1. The molecule has 5 heteroatoms. The number of aryl methyl sites for hydroxylation is 1. The molecule has 0 radical (unpaired) electrons. The zero-order valence-electron chi connectivity index (χ0n) is 13.9. The Kier molecular flexibility index (Phi) is 5.00. The molecule has 1 aliphatic rings. The summed E-state index contributed by atoms with van der Waals surface area (Å²) in [5, 5.41) is 3.90. The minimum Gasteiger partial charge on any atom is -0.494 e. The summed E-state index contributed by atoms with van der Waals surface area (Å²) in [4.78, 5) is 2.07. The Labute approximate surface area is 147 Å². The van der Waals surface area contributed by atoms with E-state index in [0.717, 1.165) is 35.5 Å². The lowest BCUT2D eigenvalue weighted by Gasteiger charge is -2.37. The Morgan fingerprint density at radius 3 is 2.75 bits per heavy atom. The predicted octanol–water partition coefficient (Wildman–Crippen LogP) is 4.76. The number of ether oxygens (including phenoxy) is 1. The number of nitrogens with one attached hydrogen (secondary N) is 1. The van der Waals surface area contributed by atoms with Gasteiger partial charge in [-0.1, -0.05) is 0 Å². The second-order valence-corrected chi connectivity index (χ2v) is 6.30. The van der Waals surface area contributed by atoms with Gasteiger partial charge >= 0.3 is 0 Å². The van der Waals surface area contributed by atoms with Crippen molar-refractivity contribution < 1.29 is 9.13 Å². The first-order valence-electron chi connectivity index (χ1n) is 8.20. The van der Waals surface area contributed by atoms with Gasteiger partial charge in [0.15, 0.2) is 5.11 Å². The van der Waals surface area contributed by atoms with E-state index >= 15 is 0 Å². The van der Waals surface area contributed by atoms with Crippen molar-refractivity contribution in [1.29, 1.82) is 0 Å². The van der Waals surface area contributed by atoms with E-state index in [4.69, 9.17) is 17.0 Å². The third-order valence-electron chi connectivity index (χ3n) is 4.21. The second-order valence-electron chi connectivity index (χ2n) is 5.92. The van der Waals surface area contributed by atoms with Crippen molar-refractivity contribution in [3.8, 4) is 5.75 Å². The molecule has 0 fully saturated rings. The molecule has 0 spiro atoms. The SMILES string of the molecule is CCOc1ccc(NC(=S)N2c3ccc(F)cc3CCC2C)cc1. The van der Waals surface area contributed by atoms with Crippen LogP contribution in [0.3, 0.4) is 0 Å². The molecule has 0 saturated heterocycles. The number of halogens is 1. The van der Waals surface area contributed by atoms with Crippen LogP contribution in [0.4, 0.5) is 15.8 Å². The molecule has 0 amide bonds. The maximum atomic E-state index is 13.5. The van der Waals surface area contributed by atoms with E-state index in [2.05, 4.69) is 17.1 Å². The van der Waals surface area contributed by atoms with Crippen molar-refractivity contribution >= 4 is 28.7 Å². The summed E-state index contributed by atoms with van der Waals surface area (Å²) in [6.45, 7) is 4.74. The molecule has 2 aromatic carbocycles. The van der Waals surface area contributed by atoms with Gasteiger partial charge in [0.1, 0.15) is 11.6 Å². The molecule has 1 aliphatic heterocycles. The van der Waals surface area contributed by atoms with Crippen molar-refractivity contribution in [2.24, 2.45) is 0 Å². The Hall–Kier alpha value is -2.14. The standard InChI is InChI=1S/C19H21FN2OS/c1-3-23-17-9-7-16(8-10-17)21-19(24)22-13(2)4-5-14-12-15(20)6-11-18(14)22/h6-13H,3-5H2,1-2H3,(H,21,24). The van der Waals surface area contributed by atoms with Crippen molar-refractivity contribution in [3.05, 3.63) is 53.8 Å². The van der Waals surface area contributed by atoms with Gasteiger partial charge in [-0.05, 0) is 86.9 Å². The lowest BCUT2D eigenvalue weighted by atomic mass is 9.97. The van der Waals surface area contributed by atoms with Gasteiger partial charge < -0.3 is 15.0 Å². The van der Waals surface area contributed by atoms with E-state index in [9.17, 15) is 4.39 Å². The van der Waals surface area contributed by atoms with E-state index in [0.29, 0.717) is 11.7 Å². The molecule has 2 aromatic rings. The smallest absolute Gasteiger partial charge is 0.178 e. The lowest BCUT2D eigenvalue weighted by molar-refractivity contribution is 0.340. The fourth-order valence-electron chi connectivity index (χ4n) is 3.01. The van der Waals surface area contributed by atoms with Gasteiger partial charge in [-0.25, -0.2) is 4.39 Å². The summed E-state index contributed by atoms with van der Waals surface area (Å²) in [5.74, 6) is 0.634. The summed E-state index contributed by atoms with van der Waals surface area (Å²) in [7, 11) is 0. The number of hydrogen-bond acceptors (Lipinski definition) is 2.